The second kappa shape index (κ2) is 6.77. The highest BCUT2D eigenvalue weighted by atomic mass is 16.5. The molecular formula is C24H18N4O3. The molecule has 6 rings (SSSR count). The van der Waals surface area contributed by atoms with Gasteiger partial charge in [-0.15, -0.1) is 0 Å². The SMILES string of the molecule is O=C1NCc2c(NC(=O)c3cc(-c4ccccc4)nc4onc(C5CC5)c34)cccc21. The van der Waals surface area contributed by atoms with E-state index in [2.05, 4.69) is 20.8 Å². The van der Waals surface area contributed by atoms with E-state index in [-0.39, 0.29) is 11.8 Å². The molecule has 0 radical (unpaired) electrons. The lowest BCUT2D eigenvalue weighted by Gasteiger charge is -2.11. The van der Waals surface area contributed by atoms with Gasteiger partial charge < -0.3 is 15.2 Å². The molecule has 7 nitrogen and oxygen atoms in total. The monoisotopic (exact) mass is 410 g/mol. The predicted octanol–water partition coefficient (Wildman–Crippen LogP) is 4.26. The second-order valence-corrected chi connectivity index (χ2v) is 7.91. The van der Waals surface area contributed by atoms with Crippen molar-refractivity contribution in [2.24, 2.45) is 0 Å². The number of nitrogens with zero attached hydrogens (tertiary/aromatic N) is 2. The van der Waals surface area contributed by atoms with Crippen molar-refractivity contribution in [1.82, 2.24) is 15.5 Å². The van der Waals surface area contributed by atoms with Crippen LogP contribution < -0.4 is 10.6 Å². The summed E-state index contributed by atoms with van der Waals surface area (Å²) in [4.78, 5) is 30.1. The van der Waals surface area contributed by atoms with Crippen molar-refractivity contribution in [3.63, 3.8) is 0 Å². The molecule has 31 heavy (non-hydrogen) atoms. The van der Waals surface area contributed by atoms with Crippen molar-refractivity contribution in [3.05, 3.63) is 77.0 Å². The van der Waals surface area contributed by atoms with E-state index in [1.807, 2.05) is 36.4 Å². The standard InChI is InChI=1S/C24H18N4O3/c29-22-15-7-4-8-18(17(15)12-25-22)26-23(30)16-11-19(13-5-2-1-3-6-13)27-24-20(16)21(28-31-24)14-9-10-14/h1-8,11,14H,9-10,12H2,(H,25,29)(H,26,30). The summed E-state index contributed by atoms with van der Waals surface area (Å²) in [7, 11) is 0. The van der Waals surface area contributed by atoms with Gasteiger partial charge in [0.25, 0.3) is 17.5 Å². The summed E-state index contributed by atoms with van der Waals surface area (Å²) in [6.45, 7) is 0.395. The fourth-order valence-electron chi connectivity index (χ4n) is 4.11. The van der Waals surface area contributed by atoms with E-state index in [0.29, 0.717) is 46.1 Å². The van der Waals surface area contributed by atoms with Gasteiger partial charge in [-0.3, -0.25) is 9.59 Å². The minimum Gasteiger partial charge on any atom is -0.348 e. The molecule has 1 fully saturated rings. The summed E-state index contributed by atoms with van der Waals surface area (Å²) < 4.78 is 5.55. The lowest BCUT2D eigenvalue weighted by Crippen LogP contribution is -2.15. The van der Waals surface area contributed by atoms with Gasteiger partial charge in [-0.2, -0.15) is 0 Å². The van der Waals surface area contributed by atoms with Crippen LogP contribution in [0.2, 0.25) is 0 Å². The van der Waals surface area contributed by atoms with Crippen LogP contribution in [0.25, 0.3) is 22.4 Å². The predicted molar refractivity (Wildman–Crippen MR) is 115 cm³/mol. The van der Waals surface area contributed by atoms with Crippen LogP contribution in [0.5, 0.6) is 0 Å². The Morgan fingerprint density at radius 2 is 1.94 bits per heavy atom. The molecule has 2 N–H and O–H groups in total. The number of aromatic nitrogens is 2. The first-order chi connectivity index (χ1) is 15.2. The van der Waals surface area contributed by atoms with Crippen LogP contribution >= 0.6 is 0 Å². The molecule has 1 aliphatic heterocycles. The van der Waals surface area contributed by atoms with E-state index in [1.165, 1.54) is 0 Å². The quantitative estimate of drug-likeness (QED) is 0.524. The van der Waals surface area contributed by atoms with Gasteiger partial charge in [0.1, 0.15) is 0 Å². The van der Waals surface area contributed by atoms with Gasteiger partial charge in [0, 0.05) is 34.8 Å². The normalized spacial score (nSPS) is 15.0. The molecule has 0 saturated heterocycles. The minimum absolute atomic E-state index is 0.126. The van der Waals surface area contributed by atoms with Crippen LogP contribution in [-0.2, 0) is 6.54 Å². The van der Waals surface area contributed by atoms with E-state index in [9.17, 15) is 9.59 Å². The van der Waals surface area contributed by atoms with Gasteiger partial charge in [0.15, 0.2) is 0 Å². The van der Waals surface area contributed by atoms with Gasteiger partial charge >= 0.3 is 0 Å². The fourth-order valence-corrected chi connectivity index (χ4v) is 4.11. The summed E-state index contributed by atoms with van der Waals surface area (Å²) in [5.41, 5.74) is 5.17. The number of anilines is 1. The Bertz CT molecular complexity index is 1360. The molecule has 7 heteroatoms. The molecule has 0 spiro atoms. The first-order valence-corrected chi connectivity index (χ1v) is 10.3. The molecule has 2 aromatic carbocycles. The molecule has 2 amide bonds. The molecule has 1 saturated carbocycles. The summed E-state index contributed by atoms with van der Waals surface area (Å²) in [6, 6.07) is 16.8. The number of benzene rings is 2. The number of hydrogen-bond acceptors (Lipinski definition) is 5. The Labute approximate surface area is 177 Å². The number of rotatable bonds is 4. The van der Waals surface area contributed by atoms with Crippen molar-refractivity contribution in [1.29, 1.82) is 0 Å². The summed E-state index contributed by atoms with van der Waals surface area (Å²) in [5.74, 6) is -0.0961. The van der Waals surface area contributed by atoms with Crippen molar-refractivity contribution < 1.29 is 14.1 Å². The summed E-state index contributed by atoms with van der Waals surface area (Å²) in [5, 5.41) is 10.7. The summed E-state index contributed by atoms with van der Waals surface area (Å²) >= 11 is 0. The van der Waals surface area contributed by atoms with Gasteiger partial charge in [0.2, 0.25) is 0 Å². The van der Waals surface area contributed by atoms with Gasteiger partial charge in [0.05, 0.1) is 22.3 Å². The molecule has 0 atom stereocenters. The zero-order valence-corrected chi connectivity index (χ0v) is 16.5. The van der Waals surface area contributed by atoms with Crippen molar-refractivity contribution >= 4 is 28.6 Å². The second-order valence-electron chi connectivity index (χ2n) is 7.91. The van der Waals surface area contributed by atoms with Gasteiger partial charge in [-0.05, 0) is 31.0 Å². The average molecular weight is 410 g/mol. The van der Waals surface area contributed by atoms with Crippen LogP contribution in [0.3, 0.4) is 0 Å². The zero-order valence-electron chi connectivity index (χ0n) is 16.5. The largest absolute Gasteiger partial charge is 0.348 e. The van der Waals surface area contributed by atoms with Crippen LogP contribution in [-0.4, -0.2) is 22.0 Å². The molecule has 0 bridgehead atoms. The third-order valence-corrected chi connectivity index (χ3v) is 5.85. The summed E-state index contributed by atoms with van der Waals surface area (Å²) in [6.07, 6.45) is 2.06. The smallest absolute Gasteiger partial charge is 0.259 e. The maximum absolute atomic E-state index is 13.5. The van der Waals surface area contributed by atoms with Crippen molar-refractivity contribution in [3.8, 4) is 11.3 Å². The zero-order chi connectivity index (χ0) is 20.9. The van der Waals surface area contributed by atoms with E-state index < -0.39 is 0 Å². The van der Waals surface area contributed by atoms with E-state index in [1.54, 1.807) is 18.2 Å². The number of carbonyl (C=O) groups excluding carboxylic acids is 2. The molecule has 152 valence electrons. The number of fused-ring (bicyclic) bond motifs is 2. The molecule has 2 aliphatic rings. The van der Waals surface area contributed by atoms with Crippen molar-refractivity contribution in [2.75, 3.05) is 5.32 Å². The number of carbonyl (C=O) groups is 2. The number of hydrogen-bond donors (Lipinski definition) is 2. The highest BCUT2D eigenvalue weighted by Gasteiger charge is 2.32. The fraction of sp³-hybridized carbons (Fsp3) is 0.167. The molecule has 2 aromatic heterocycles. The average Bonchev–Trinajstić information content (AvgIpc) is 3.44. The Morgan fingerprint density at radius 3 is 2.74 bits per heavy atom. The Morgan fingerprint density at radius 1 is 1.10 bits per heavy atom. The molecule has 4 aromatic rings. The van der Waals surface area contributed by atoms with Crippen LogP contribution in [0, 0.1) is 0 Å². The lowest BCUT2D eigenvalue weighted by molar-refractivity contribution is 0.0964. The topological polar surface area (TPSA) is 97.1 Å². The van der Waals surface area contributed by atoms with Crippen LogP contribution in [0.1, 0.15) is 50.7 Å². The van der Waals surface area contributed by atoms with Gasteiger partial charge in [-0.1, -0.05) is 41.6 Å². The number of amides is 2. The highest BCUT2D eigenvalue weighted by Crippen LogP contribution is 2.43. The third kappa shape index (κ3) is 2.97. The van der Waals surface area contributed by atoms with Gasteiger partial charge in [-0.25, -0.2) is 4.98 Å². The van der Waals surface area contributed by atoms with Crippen molar-refractivity contribution in [2.45, 2.75) is 25.3 Å². The first-order valence-electron chi connectivity index (χ1n) is 10.3. The minimum atomic E-state index is -0.276. The maximum atomic E-state index is 13.5. The highest BCUT2D eigenvalue weighted by molar-refractivity contribution is 6.14. The van der Waals surface area contributed by atoms with Crippen LogP contribution in [0.15, 0.2) is 59.1 Å². The molecule has 3 heterocycles. The molecular weight excluding hydrogens is 392 g/mol. The lowest BCUT2D eigenvalue weighted by atomic mass is 10.0. The first kappa shape index (κ1) is 17.8. The molecule has 0 unspecified atom stereocenters. The Hall–Kier alpha value is -4.00. The Kier molecular flexibility index (Phi) is 3.89. The van der Waals surface area contributed by atoms with E-state index in [4.69, 9.17) is 4.52 Å². The number of nitrogens with one attached hydrogen (secondary N) is 2. The van der Waals surface area contributed by atoms with Crippen LogP contribution in [0.4, 0.5) is 5.69 Å². The van der Waals surface area contributed by atoms with E-state index in [0.717, 1.165) is 29.7 Å². The maximum Gasteiger partial charge on any atom is 0.259 e. The third-order valence-electron chi connectivity index (χ3n) is 5.85. The number of pyridine rings is 1. The van der Waals surface area contributed by atoms with E-state index >= 15 is 0 Å². The molecule has 1 aliphatic carbocycles. The Balaban J connectivity index is 1.47.